The predicted molar refractivity (Wildman–Crippen MR) is 82.1 cm³/mol. The first-order valence-electron chi connectivity index (χ1n) is 6.90. The third-order valence-corrected chi connectivity index (χ3v) is 4.03. The minimum absolute atomic E-state index is 0.649. The molecule has 0 aliphatic rings. The monoisotopic (exact) mass is 300 g/mol. The smallest absolute Gasteiger partial charge is 0.174 e. The number of aryl methyl sites for hydroxylation is 1. The molecule has 3 aromatic rings. The minimum atomic E-state index is -0.776. The van der Waals surface area contributed by atoms with Gasteiger partial charge in [0, 0.05) is 28.9 Å². The summed E-state index contributed by atoms with van der Waals surface area (Å²) in [5.74, 6) is 0.649. The summed E-state index contributed by atoms with van der Waals surface area (Å²) >= 11 is 1.59. The van der Waals surface area contributed by atoms with E-state index in [2.05, 4.69) is 17.1 Å². The second-order valence-corrected chi connectivity index (χ2v) is 5.60. The molecule has 0 amide bonds. The lowest BCUT2D eigenvalue weighted by Gasteiger charge is -2.11. The molecular weight excluding hydrogens is 284 g/mol. The highest BCUT2D eigenvalue weighted by atomic mass is 32.1. The molecule has 0 aliphatic heterocycles. The summed E-state index contributed by atoms with van der Waals surface area (Å²) in [6, 6.07) is 5.65. The zero-order valence-corrected chi connectivity index (χ0v) is 12.5. The second-order valence-electron chi connectivity index (χ2n) is 4.82. The Bertz CT molecular complexity index is 692. The third kappa shape index (κ3) is 2.75. The van der Waals surface area contributed by atoms with Gasteiger partial charge < -0.3 is 9.63 Å². The quantitative estimate of drug-likeness (QED) is 0.778. The summed E-state index contributed by atoms with van der Waals surface area (Å²) in [6.07, 6.45) is 4.31. The molecule has 0 bridgehead atoms. The predicted octanol–water partition coefficient (Wildman–Crippen LogP) is 3.83. The Morgan fingerprint density at radius 1 is 1.38 bits per heavy atom. The van der Waals surface area contributed by atoms with Crippen LogP contribution >= 0.6 is 11.3 Å². The van der Waals surface area contributed by atoms with E-state index < -0.39 is 6.10 Å². The number of thiophene rings is 1. The summed E-state index contributed by atoms with van der Waals surface area (Å²) < 4.78 is 5.51. The second kappa shape index (κ2) is 6.20. The van der Waals surface area contributed by atoms with E-state index in [0.29, 0.717) is 5.76 Å². The van der Waals surface area contributed by atoms with E-state index in [1.807, 2.05) is 29.0 Å². The van der Waals surface area contributed by atoms with Crippen molar-refractivity contribution in [3.05, 3.63) is 58.2 Å². The third-order valence-electron chi connectivity index (χ3n) is 3.35. The van der Waals surface area contributed by atoms with E-state index in [4.69, 9.17) is 4.52 Å². The van der Waals surface area contributed by atoms with Gasteiger partial charge in [0.1, 0.15) is 6.10 Å². The van der Waals surface area contributed by atoms with Crippen LogP contribution < -0.4 is 0 Å². The molecular formula is C16H16N2O2S. The van der Waals surface area contributed by atoms with E-state index in [1.165, 1.54) is 0 Å². The summed E-state index contributed by atoms with van der Waals surface area (Å²) in [5.41, 5.74) is 3.26. The molecule has 5 heteroatoms. The number of aromatic nitrogens is 2. The molecule has 0 saturated heterocycles. The van der Waals surface area contributed by atoms with Crippen LogP contribution in [0.25, 0.3) is 11.3 Å². The Balaban J connectivity index is 2.08. The Kier molecular flexibility index (Phi) is 4.13. The Morgan fingerprint density at radius 3 is 2.95 bits per heavy atom. The van der Waals surface area contributed by atoms with Crippen LogP contribution in [0.1, 0.15) is 36.3 Å². The molecule has 0 aliphatic carbocycles. The summed E-state index contributed by atoms with van der Waals surface area (Å²) in [7, 11) is 0. The number of nitrogens with zero attached hydrogens (tertiary/aromatic N) is 2. The largest absolute Gasteiger partial charge is 0.383 e. The molecule has 0 spiro atoms. The average molecular weight is 300 g/mol. The van der Waals surface area contributed by atoms with Gasteiger partial charge in [-0.2, -0.15) is 11.3 Å². The number of pyridine rings is 1. The minimum Gasteiger partial charge on any atom is -0.383 e. The van der Waals surface area contributed by atoms with Crippen LogP contribution in [-0.4, -0.2) is 15.2 Å². The van der Waals surface area contributed by atoms with Crippen LogP contribution in [-0.2, 0) is 6.42 Å². The van der Waals surface area contributed by atoms with Crippen LogP contribution in [0.5, 0.6) is 0 Å². The molecule has 1 N–H and O–H groups in total. The zero-order chi connectivity index (χ0) is 14.7. The Hall–Kier alpha value is -1.98. The van der Waals surface area contributed by atoms with Crippen molar-refractivity contribution in [1.82, 2.24) is 10.1 Å². The van der Waals surface area contributed by atoms with Gasteiger partial charge in [0.2, 0.25) is 0 Å². The van der Waals surface area contributed by atoms with Gasteiger partial charge in [0.25, 0.3) is 0 Å². The molecule has 0 saturated carbocycles. The van der Waals surface area contributed by atoms with Crippen LogP contribution in [0.4, 0.5) is 0 Å². The van der Waals surface area contributed by atoms with Gasteiger partial charge in [0.05, 0.1) is 11.3 Å². The molecule has 3 rings (SSSR count). The lowest BCUT2D eigenvalue weighted by atomic mass is 9.97. The molecule has 21 heavy (non-hydrogen) atoms. The first-order valence-corrected chi connectivity index (χ1v) is 7.84. The van der Waals surface area contributed by atoms with Gasteiger partial charge in [-0.05, 0) is 23.9 Å². The van der Waals surface area contributed by atoms with E-state index >= 15 is 0 Å². The van der Waals surface area contributed by atoms with Crippen molar-refractivity contribution < 1.29 is 9.63 Å². The topological polar surface area (TPSA) is 59.2 Å². The first-order chi connectivity index (χ1) is 10.3. The fourth-order valence-corrected chi connectivity index (χ4v) is 2.97. The standard InChI is InChI=1S/C16H16N2O2S/c1-2-4-13-14(15(19)11-5-3-7-17-9-11)16(20-18-13)12-6-8-21-10-12/h3,5-10,15,19H,2,4H2,1H3. The van der Waals surface area contributed by atoms with Gasteiger partial charge in [0.15, 0.2) is 5.76 Å². The number of aliphatic hydroxyl groups excluding tert-OH is 1. The molecule has 0 radical (unpaired) electrons. The fraction of sp³-hybridized carbons (Fsp3) is 0.250. The molecule has 108 valence electrons. The van der Waals surface area contributed by atoms with Crippen molar-refractivity contribution in [2.24, 2.45) is 0 Å². The SMILES string of the molecule is CCCc1noc(-c2ccsc2)c1C(O)c1cccnc1. The van der Waals surface area contributed by atoms with Crippen molar-refractivity contribution in [3.8, 4) is 11.3 Å². The molecule has 0 aromatic carbocycles. The van der Waals surface area contributed by atoms with Crippen LogP contribution in [0, 0.1) is 0 Å². The molecule has 3 heterocycles. The van der Waals surface area contributed by atoms with E-state index in [1.54, 1.807) is 23.7 Å². The highest BCUT2D eigenvalue weighted by molar-refractivity contribution is 7.08. The van der Waals surface area contributed by atoms with Gasteiger partial charge in [-0.15, -0.1) is 0 Å². The van der Waals surface area contributed by atoms with Gasteiger partial charge in [-0.1, -0.05) is 24.6 Å². The number of hydrogen-bond donors (Lipinski definition) is 1. The number of rotatable bonds is 5. The fourth-order valence-electron chi connectivity index (χ4n) is 2.34. The first kappa shape index (κ1) is 14.0. The van der Waals surface area contributed by atoms with Gasteiger partial charge >= 0.3 is 0 Å². The maximum atomic E-state index is 10.7. The Morgan fingerprint density at radius 2 is 2.29 bits per heavy atom. The summed E-state index contributed by atoms with van der Waals surface area (Å²) in [6.45, 7) is 2.08. The molecule has 1 atom stereocenters. The van der Waals surface area contributed by atoms with Crippen molar-refractivity contribution >= 4 is 11.3 Å². The van der Waals surface area contributed by atoms with Crippen molar-refractivity contribution in [2.75, 3.05) is 0 Å². The van der Waals surface area contributed by atoms with Crippen LogP contribution in [0.2, 0.25) is 0 Å². The van der Waals surface area contributed by atoms with E-state index in [0.717, 1.165) is 35.2 Å². The van der Waals surface area contributed by atoms with E-state index in [9.17, 15) is 5.11 Å². The molecule has 0 fully saturated rings. The number of aliphatic hydroxyl groups is 1. The average Bonchev–Trinajstić information content (AvgIpc) is 3.17. The van der Waals surface area contributed by atoms with Crippen LogP contribution in [0.15, 0.2) is 45.9 Å². The zero-order valence-electron chi connectivity index (χ0n) is 11.7. The maximum Gasteiger partial charge on any atom is 0.174 e. The molecule has 4 nitrogen and oxygen atoms in total. The lowest BCUT2D eigenvalue weighted by Crippen LogP contribution is -2.04. The van der Waals surface area contributed by atoms with Crippen LogP contribution in [0.3, 0.4) is 0 Å². The van der Waals surface area contributed by atoms with Crippen molar-refractivity contribution in [2.45, 2.75) is 25.9 Å². The van der Waals surface area contributed by atoms with Crippen molar-refractivity contribution in [1.29, 1.82) is 0 Å². The van der Waals surface area contributed by atoms with Gasteiger partial charge in [-0.25, -0.2) is 0 Å². The Labute approximate surface area is 127 Å². The maximum absolute atomic E-state index is 10.7. The van der Waals surface area contributed by atoms with Crippen molar-refractivity contribution in [3.63, 3.8) is 0 Å². The lowest BCUT2D eigenvalue weighted by molar-refractivity contribution is 0.218. The summed E-state index contributed by atoms with van der Waals surface area (Å²) in [5, 5.41) is 18.9. The number of hydrogen-bond acceptors (Lipinski definition) is 5. The van der Waals surface area contributed by atoms with E-state index in [-0.39, 0.29) is 0 Å². The summed E-state index contributed by atoms with van der Waals surface area (Å²) in [4.78, 5) is 4.07. The molecule has 3 aromatic heterocycles. The highest BCUT2D eigenvalue weighted by Crippen LogP contribution is 2.35. The normalized spacial score (nSPS) is 12.5. The molecule has 1 unspecified atom stereocenters. The van der Waals surface area contributed by atoms with Gasteiger partial charge in [-0.3, -0.25) is 4.98 Å². The highest BCUT2D eigenvalue weighted by Gasteiger charge is 2.25.